The average molecular weight is 248 g/mol. The van der Waals surface area contributed by atoms with Gasteiger partial charge in [0.2, 0.25) is 0 Å². The number of anilines is 1. The maximum absolute atomic E-state index is 12.3. The molecule has 0 saturated carbocycles. The third-order valence-corrected chi connectivity index (χ3v) is 3.77. The van der Waals surface area contributed by atoms with Gasteiger partial charge in [0.15, 0.2) is 0 Å². The second-order valence-electron chi connectivity index (χ2n) is 5.03. The van der Waals surface area contributed by atoms with Crippen molar-refractivity contribution >= 4 is 11.7 Å². The maximum atomic E-state index is 12.3. The van der Waals surface area contributed by atoms with Crippen LogP contribution in [0.25, 0.3) is 0 Å². The van der Waals surface area contributed by atoms with E-state index < -0.39 is 0 Å². The fourth-order valence-corrected chi connectivity index (χ4v) is 2.65. The fourth-order valence-electron chi connectivity index (χ4n) is 2.65. The van der Waals surface area contributed by atoms with Crippen LogP contribution in [0, 0.1) is 12.8 Å². The molecule has 0 bridgehead atoms. The number of carbonyl (C=O) groups is 1. The molecule has 4 rings (SSSR count). The lowest BCUT2D eigenvalue weighted by Gasteiger charge is -2.09. The average Bonchev–Trinajstić information content (AvgIpc) is 2.89. The standard InChI is InChI=1S/C16H12N2O/c1-9-3-2-6-17-15(9)18-16(19)12-5-4-11-13-7-10(13)8-14(11)12/h2-8,13H,1H3,(H,17,18,19). The van der Waals surface area contributed by atoms with Gasteiger partial charge in [-0.1, -0.05) is 18.2 Å². The Morgan fingerprint density at radius 1 is 1.37 bits per heavy atom. The Bertz CT molecular complexity index is 735. The minimum atomic E-state index is -0.0822. The van der Waals surface area contributed by atoms with E-state index in [0.717, 1.165) is 16.7 Å². The first-order valence-electron chi connectivity index (χ1n) is 6.33. The predicted octanol–water partition coefficient (Wildman–Crippen LogP) is 2.69. The van der Waals surface area contributed by atoms with Crippen molar-refractivity contribution in [3.05, 3.63) is 70.5 Å². The number of hydrogen-bond acceptors (Lipinski definition) is 2. The minimum Gasteiger partial charge on any atom is -0.306 e. The summed E-state index contributed by atoms with van der Waals surface area (Å²) in [4.78, 5) is 16.5. The van der Waals surface area contributed by atoms with Crippen molar-refractivity contribution in [2.24, 2.45) is 5.92 Å². The molecule has 92 valence electrons. The number of carbonyl (C=O) groups excluding carboxylic acids is 1. The normalized spacial score (nSPS) is 21.8. The lowest BCUT2D eigenvalue weighted by Crippen LogP contribution is -2.16. The summed E-state index contributed by atoms with van der Waals surface area (Å²) in [6.07, 6.45) is 9.96. The molecule has 1 heterocycles. The van der Waals surface area contributed by atoms with Gasteiger partial charge in [0, 0.05) is 17.7 Å². The molecule has 0 radical (unpaired) electrons. The first-order chi connectivity index (χ1) is 9.24. The number of aryl methyl sites for hydroxylation is 1. The maximum Gasteiger partial charge on any atom is 0.257 e. The summed E-state index contributed by atoms with van der Waals surface area (Å²) in [6, 6.07) is 3.79. The lowest BCUT2D eigenvalue weighted by atomic mass is 10.0. The van der Waals surface area contributed by atoms with E-state index in [9.17, 15) is 4.79 Å². The molecule has 0 fully saturated rings. The summed E-state index contributed by atoms with van der Waals surface area (Å²) in [7, 11) is 0. The molecule has 3 aliphatic rings. The van der Waals surface area contributed by atoms with E-state index in [0.29, 0.717) is 11.7 Å². The Balaban J connectivity index is 1.58. The van der Waals surface area contributed by atoms with Gasteiger partial charge in [-0.05, 0) is 47.4 Å². The van der Waals surface area contributed by atoms with Crippen LogP contribution >= 0.6 is 0 Å². The molecule has 1 aromatic heterocycles. The molecule has 1 amide bonds. The Labute approximate surface area is 111 Å². The van der Waals surface area contributed by atoms with Gasteiger partial charge >= 0.3 is 0 Å². The van der Waals surface area contributed by atoms with Gasteiger partial charge in [0.05, 0.1) is 0 Å². The zero-order chi connectivity index (χ0) is 13.0. The van der Waals surface area contributed by atoms with Crippen molar-refractivity contribution < 1.29 is 4.79 Å². The third kappa shape index (κ3) is 1.51. The first kappa shape index (κ1) is 10.5. The van der Waals surface area contributed by atoms with Crippen molar-refractivity contribution in [1.29, 1.82) is 0 Å². The summed E-state index contributed by atoms with van der Waals surface area (Å²) in [5.41, 5.74) is 5.39. The Hall–Kier alpha value is -2.42. The van der Waals surface area contributed by atoms with Crippen LogP contribution in [0.2, 0.25) is 0 Å². The van der Waals surface area contributed by atoms with Gasteiger partial charge in [-0.2, -0.15) is 0 Å². The van der Waals surface area contributed by atoms with Crippen LogP contribution < -0.4 is 5.32 Å². The number of aromatic nitrogens is 1. The number of fused-ring (bicyclic) bond motifs is 3. The number of hydrogen-bond donors (Lipinski definition) is 1. The van der Waals surface area contributed by atoms with Gasteiger partial charge in [-0.15, -0.1) is 0 Å². The Morgan fingerprint density at radius 3 is 3.11 bits per heavy atom. The number of rotatable bonds is 2. The van der Waals surface area contributed by atoms with E-state index >= 15 is 0 Å². The second kappa shape index (κ2) is 3.54. The number of amides is 1. The van der Waals surface area contributed by atoms with E-state index in [1.807, 2.05) is 31.2 Å². The third-order valence-electron chi connectivity index (χ3n) is 3.77. The van der Waals surface area contributed by atoms with E-state index in [1.54, 1.807) is 6.20 Å². The quantitative estimate of drug-likeness (QED) is 0.874. The largest absolute Gasteiger partial charge is 0.306 e. The van der Waals surface area contributed by atoms with Crippen molar-refractivity contribution in [2.45, 2.75) is 6.92 Å². The summed E-state index contributed by atoms with van der Waals surface area (Å²) >= 11 is 0. The highest BCUT2D eigenvalue weighted by atomic mass is 16.1. The number of allylic oxidation sites excluding steroid dienone is 6. The zero-order valence-corrected chi connectivity index (χ0v) is 10.5. The fraction of sp³-hybridized carbons (Fsp3) is 0.125. The molecule has 19 heavy (non-hydrogen) atoms. The molecular formula is C16H12N2O. The predicted molar refractivity (Wildman–Crippen MR) is 73.4 cm³/mol. The zero-order valence-electron chi connectivity index (χ0n) is 10.5. The first-order valence-corrected chi connectivity index (χ1v) is 6.33. The molecule has 3 heteroatoms. The Morgan fingerprint density at radius 2 is 2.26 bits per heavy atom. The van der Waals surface area contributed by atoms with Crippen LogP contribution in [-0.2, 0) is 4.79 Å². The molecule has 0 aromatic carbocycles. The molecule has 3 nitrogen and oxygen atoms in total. The van der Waals surface area contributed by atoms with Crippen molar-refractivity contribution in [1.82, 2.24) is 4.98 Å². The molecule has 1 aromatic rings. The van der Waals surface area contributed by atoms with Gasteiger partial charge in [-0.3, -0.25) is 4.79 Å². The van der Waals surface area contributed by atoms with Crippen LogP contribution in [0.15, 0.2) is 64.9 Å². The van der Waals surface area contributed by atoms with Crippen LogP contribution in [0.4, 0.5) is 5.82 Å². The van der Waals surface area contributed by atoms with Gasteiger partial charge in [-0.25, -0.2) is 4.98 Å². The molecule has 0 spiro atoms. The molecule has 1 unspecified atom stereocenters. The molecule has 0 aliphatic heterocycles. The summed E-state index contributed by atoms with van der Waals surface area (Å²) in [5, 5.41) is 2.88. The molecule has 0 saturated heterocycles. The molecule has 1 atom stereocenters. The summed E-state index contributed by atoms with van der Waals surface area (Å²) in [6.45, 7) is 1.93. The minimum absolute atomic E-state index is 0.0822. The lowest BCUT2D eigenvalue weighted by molar-refractivity contribution is -0.112. The van der Waals surface area contributed by atoms with Gasteiger partial charge in [0.25, 0.3) is 5.91 Å². The highest BCUT2D eigenvalue weighted by Crippen LogP contribution is 2.51. The second-order valence-corrected chi connectivity index (χ2v) is 5.03. The van der Waals surface area contributed by atoms with E-state index in [1.165, 1.54) is 11.1 Å². The van der Waals surface area contributed by atoms with Gasteiger partial charge < -0.3 is 5.32 Å². The van der Waals surface area contributed by atoms with Crippen LogP contribution in [0.5, 0.6) is 0 Å². The summed E-state index contributed by atoms with van der Waals surface area (Å²) in [5.74, 6) is 1.03. The SMILES string of the molecule is Cc1cccnc1NC(=O)C1=CC=C2C1=CC1=CC12. The molecular weight excluding hydrogens is 236 g/mol. The Kier molecular flexibility index (Phi) is 1.96. The van der Waals surface area contributed by atoms with Crippen molar-refractivity contribution in [2.75, 3.05) is 5.32 Å². The van der Waals surface area contributed by atoms with Crippen LogP contribution in [-0.4, -0.2) is 10.9 Å². The monoisotopic (exact) mass is 248 g/mol. The van der Waals surface area contributed by atoms with Gasteiger partial charge in [0.1, 0.15) is 5.82 Å². The smallest absolute Gasteiger partial charge is 0.257 e. The number of nitrogens with zero attached hydrogens (tertiary/aromatic N) is 1. The van der Waals surface area contributed by atoms with E-state index in [-0.39, 0.29) is 5.91 Å². The van der Waals surface area contributed by atoms with E-state index in [2.05, 4.69) is 22.5 Å². The topological polar surface area (TPSA) is 42.0 Å². The highest BCUT2D eigenvalue weighted by Gasteiger charge is 2.39. The molecule has 3 aliphatic carbocycles. The van der Waals surface area contributed by atoms with E-state index in [4.69, 9.17) is 0 Å². The highest BCUT2D eigenvalue weighted by molar-refractivity contribution is 6.09. The van der Waals surface area contributed by atoms with Crippen molar-refractivity contribution in [3.8, 4) is 0 Å². The summed E-state index contributed by atoms with van der Waals surface area (Å²) < 4.78 is 0. The van der Waals surface area contributed by atoms with Crippen LogP contribution in [0.1, 0.15) is 5.56 Å². The molecule has 1 N–H and O–H groups in total. The number of nitrogens with one attached hydrogen (secondary N) is 1. The number of pyridine rings is 1. The van der Waals surface area contributed by atoms with Crippen LogP contribution in [0.3, 0.4) is 0 Å². The van der Waals surface area contributed by atoms with Crippen molar-refractivity contribution in [3.63, 3.8) is 0 Å².